The fraction of sp³-hybridized carbons (Fsp3) is 0.333. The summed E-state index contributed by atoms with van der Waals surface area (Å²) in [6, 6.07) is 11.4. The molecular weight excluding hydrogens is 322 g/mol. The van der Waals surface area contributed by atoms with E-state index in [9.17, 15) is 14.9 Å². The van der Waals surface area contributed by atoms with Gasteiger partial charge in [0.2, 0.25) is 5.82 Å². The van der Waals surface area contributed by atoms with Gasteiger partial charge in [0.15, 0.2) is 0 Å². The number of anilines is 1. The SMILES string of the molecule is CC(C)(C)OC(=O)C(Cc1ccccc1)Nc1ncccc1[N+](=O)[O-]. The second-order valence-electron chi connectivity index (χ2n) is 6.55. The van der Waals surface area contributed by atoms with Gasteiger partial charge in [-0.2, -0.15) is 0 Å². The van der Waals surface area contributed by atoms with Gasteiger partial charge in [0.25, 0.3) is 0 Å². The topological polar surface area (TPSA) is 94.4 Å². The molecule has 0 aliphatic rings. The van der Waals surface area contributed by atoms with E-state index in [1.54, 1.807) is 20.8 Å². The molecule has 7 heteroatoms. The van der Waals surface area contributed by atoms with Crippen molar-refractivity contribution in [3.63, 3.8) is 0 Å². The van der Waals surface area contributed by atoms with Gasteiger partial charge >= 0.3 is 11.7 Å². The van der Waals surface area contributed by atoms with E-state index in [0.29, 0.717) is 6.42 Å². The molecule has 1 heterocycles. The molecule has 132 valence electrons. The van der Waals surface area contributed by atoms with Crippen molar-refractivity contribution in [1.82, 2.24) is 4.98 Å². The minimum absolute atomic E-state index is 0.0410. The molecule has 0 saturated heterocycles. The molecule has 0 aliphatic carbocycles. The minimum Gasteiger partial charge on any atom is -0.458 e. The maximum absolute atomic E-state index is 12.6. The van der Waals surface area contributed by atoms with Gasteiger partial charge in [0.05, 0.1) is 4.92 Å². The third-order valence-corrected chi connectivity index (χ3v) is 3.27. The third kappa shape index (κ3) is 5.56. The Morgan fingerprint density at radius 2 is 1.92 bits per heavy atom. The molecule has 1 aromatic carbocycles. The van der Waals surface area contributed by atoms with Gasteiger partial charge in [-0.05, 0) is 32.4 Å². The van der Waals surface area contributed by atoms with E-state index in [1.807, 2.05) is 30.3 Å². The number of rotatable bonds is 6. The van der Waals surface area contributed by atoms with Gasteiger partial charge in [-0.1, -0.05) is 30.3 Å². The minimum atomic E-state index is -0.796. The highest BCUT2D eigenvalue weighted by atomic mass is 16.6. The van der Waals surface area contributed by atoms with Crippen LogP contribution in [0.15, 0.2) is 48.7 Å². The highest BCUT2D eigenvalue weighted by Gasteiger charge is 2.28. The predicted molar refractivity (Wildman–Crippen MR) is 94.3 cm³/mol. The van der Waals surface area contributed by atoms with Crippen LogP contribution in [0.2, 0.25) is 0 Å². The van der Waals surface area contributed by atoms with Crippen LogP contribution >= 0.6 is 0 Å². The highest BCUT2D eigenvalue weighted by Crippen LogP contribution is 2.23. The van der Waals surface area contributed by atoms with Crippen molar-refractivity contribution in [1.29, 1.82) is 0 Å². The molecule has 1 aromatic heterocycles. The Kier molecular flexibility index (Phi) is 5.69. The number of benzene rings is 1. The Bertz CT molecular complexity index is 741. The summed E-state index contributed by atoms with van der Waals surface area (Å²) in [6.45, 7) is 5.31. The lowest BCUT2D eigenvalue weighted by Gasteiger charge is -2.25. The van der Waals surface area contributed by atoms with E-state index in [-0.39, 0.29) is 11.5 Å². The summed E-state index contributed by atoms with van der Waals surface area (Å²) in [5.41, 5.74) is 0.0533. The third-order valence-electron chi connectivity index (χ3n) is 3.27. The predicted octanol–water partition coefficient (Wildman–Crippen LogP) is 3.35. The normalized spacial score (nSPS) is 12.3. The van der Waals surface area contributed by atoms with Gasteiger partial charge in [-0.25, -0.2) is 9.78 Å². The Labute approximate surface area is 146 Å². The molecule has 7 nitrogen and oxygen atoms in total. The van der Waals surface area contributed by atoms with E-state index < -0.39 is 22.5 Å². The Balaban J connectivity index is 2.28. The average Bonchev–Trinajstić information content (AvgIpc) is 2.54. The van der Waals surface area contributed by atoms with Crippen molar-refractivity contribution in [2.75, 3.05) is 5.32 Å². The highest BCUT2D eigenvalue weighted by molar-refractivity contribution is 5.80. The maximum Gasteiger partial charge on any atom is 0.329 e. The van der Waals surface area contributed by atoms with Crippen LogP contribution in [-0.4, -0.2) is 27.5 Å². The lowest BCUT2D eigenvalue weighted by molar-refractivity contribution is -0.384. The molecule has 0 saturated carbocycles. The zero-order valence-corrected chi connectivity index (χ0v) is 14.4. The molecule has 0 amide bonds. The van der Waals surface area contributed by atoms with Crippen LogP contribution in [0.3, 0.4) is 0 Å². The lowest BCUT2D eigenvalue weighted by Crippen LogP contribution is -2.38. The summed E-state index contributed by atoms with van der Waals surface area (Å²) >= 11 is 0. The van der Waals surface area contributed by atoms with Crippen molar-refractivity contribution in [3.8, 4) is 0 Å². The van der Waals surface area contributed by atoms with E-state index in [0.717, 1.165) is 5.56 Å². The zero-order valence-electron chi connectivity index (χ0n) is 14.4. The Morgan fingerprint density at radius 3 is 2.52 bits per heavy atom. The molecule has 1 N–H and O–H groups in total. The molecule has 2 rings (SSSR count). The van der Waals surface area contributed by atoms with Crippen molar-refractivity contribution < 1.29 is 14.5 Å². The summed E-state index contributed by atoms with van der Waals surface area (Å²) < 4.78 is 5.45. The van der Waals surface area contributed by atoms with Crippen LogP contribution in [0.5, 0.6) is 0 Å². The van der Waals surface area contributed by atoms with Crippen molar-refractivity contribution in [3.05, 3.63) is 64.3 Å². The maximum atomic E-state index is 12.6. The van der Waals surface area contributed by atoms with Crippen LogP contribution in [0.1, 0.15) is 26.3 Å². The second-order valence-corrected chi connectivity index (χ2v) is 6.55. The van der Waals surface area contributed by atoms with Crippen LogP contribution in [-0.2, 0) is 16.0 Å². The van der Waals surface area contributed by atoms with Gasteiger partial charge < -0.3 is 10.1 Å². The van der Waals surface area contributed by atoms with E-state index in [4.69, 9.17) is 4.74 Å². The Hall–Kier alpha value is -2.96. The number of carbonyl (C=O) groups is 1. The van der Waals surface area contributed by atoms with Gasteiger partial charge in [0, 0.05) is 18.7 Å². The molecule has 1 atom stereocenters. The molecule has 25 heavy (non-hydrogen) atoms. The Morgan fingerprint density at radius 1 is 1.24 bits per heavy atom. The van der Waals surface area contributed by atoms with Crippen LogP contribution < -0.4 is 5.32 Å². The quantitative estimate of drug-likeness (QED) is 0.491. The number of hydrogen-bond donors (Lipinski definition) is 1. The fourth-order valence-electron chi connectivity index (χ4n) is 2.24. The second kappa shape index (κ2) is 7.74. The summed E-state index contributed by atoms with van der Waals surface area (Å²) in [7, 11) is 0. The standard InChI is InChI=1S/C18H21N3O4/c1-18(2,3)25-17(22)14(12-13-8-5-4-6-9-13)20-16-15(21(23)24)10-7-11-19-16/h4-11,14H,12H2,1-3H3,(H,19,20). The number of carbonyl (C=O) groups excluding carboxylic acids is 1. The van der Waals surface area contributed by atoms with Crippen molar-refractivity contribution >= 4 is 17.5 Å². The molecule has 0 radical (unpaired) electrons. The molecule has 0 spiro atoms. The summed E-state index contributed by atoms with van der Waals surface area (Å²) in [5.74, 6) is -0.449. The first kappa shape index (κ1) is 18.4. The largest absolute Gasteiger partial charge is 0.458 e. The average molecular weight is 343 g/mol. The monoisotopic (exact) mass is 343 g/mol. The number of aromatic nitrogens is 1. The van der Waals surface area contributed by atoms with Gasteiger partial charge in [-0.3, -0.25) is 10.1 Å². The first-order valence-corrected chi connectivity index (χ1v) is 7.89. The van der Waals surface area contributed by atoms with Crippen molar-refractivity contribution in [2.45, 2.75) is 38.8 Å². The lowest BCUT2D eigenvalue weighted by atomic mass is 10.1. The zero-order chi connectivity index (χ0) is 18.4. The van der Waals surface area contributed by atoms with E-state index in [1.165, 1.54) is 18.3 Å². The first-order chi connectivity index (χ1) is 11.8. The van der Waals surface area contributed by atoms with Crippen molar-refractivity contribution in [2.24, 2.45) is 0 Å². The number of ether oxygens (including phenoxy) is 1. The van der Waals surface area contributed by atoms with E-state index in [2.05, 4.69) is 10.3 Å². The summed E-state index contributed by atoms with van der Waals surface area (Å²) in [6.07, 6.45) is 1.76. The molecule has 0 aliphatic heterocycles. The van der Waals surface area contributed by atoms with Gasteiger partial charge in [0.1, 0.15) is 11.6 Å². The van der Waals surface area contributed by atoms with Crippen LogP contribution in [0, 0.1) is 10.1 Å². The molecule has 0 bridgehead atoms. The number of nitrogens with zero attached hydrogens (tertiary/aromatic N) is 2. The smallest absolute Gasteiger partial charge is 0.329 e. The van der Waals surface area contributed by atoms with Crippen LogP contribution in [0.4, 0.5) is 11.5 Å². The van der Waals surface area contributed by atoms with Crippen LogP contribution in [0.25, 0.3) is 0 Å². The number of nitrogens with one attached hydrogen (secondary N) is 1. The first-order valence-electron chi connectivity index (χ1n) is 7.89. The molecule has 1 unspecified atom stereocenters. The van der Waals surface area contributed by atoms with Gasteiger partial charge in [-0.15, -0.1) is 0 Å². The number of esters is 1. The number of pyridine rings is 1. The fourth-order valence-corrected chi connectivity index (χ4v) is 2.24. The molecule has 0 fully saturated rings. The summed E-state index contributed by atoms with van der Waals surface area (Å²) in [5, 5.41) is 14.0. The molecule has 2 aromatic rings. The van der Waals surface area contributed by atoms with E-state index >= 15 is 0 Å². The number of nitro groups is 1. The molecular formula is C18H21N3O4. The summed E-state index contributed by atoms with van der Waals surface area (Å²) in [4.78, 5) is 27.2. The number of hydrogen-bond acceptors (Lipinski definition) is 6.